The van der Waals surface area contributed by atoms with Crippen molar-refractivity contribution in [2.75, 3.05) is 12.4 Å². The minimum Gasteiger partial charge on any atom is -0.504 e. The number of rotatable bonds is 7. The highest BCUT2D eigenvalue weighted by Gasteiger charge is 2.09. The average molecular weight is 403 g/mol. The van der Waals surface area contributed by atoms with Crippen LogP contribution in [-0.2, 0) is 11.2 Å². The van der Waals surface area contributed by atoms with Crippen LogP contribution in [0.3, 0.4) is 0 Å². The highest BCUT2D eigenvalue weighted by Crippen LogP contribution is 2.27. The Morgan fingerprint density at radius 1 is 1.03 bits per heavy atom. The van der Waals surface area contributed by atoms with Crippen LogP contribution in [0.25, 0.3) is 0 Å². The number of hydrazone groups is 1. The van der Waals surface area contributed by atoms with Crippen LogP contribution in [-0.4, -0.2) is 30.2 Å². The van der Waals surface area contributed by atoms with Crippen molar-refractivity contribution in [3.8, 4) is 11.5 Å². The second-order valence-corrected chi connectivity index (χ2v) is 6.39. The Balaban J connectivity index is 1.61. The maximum Gasteiger partial charge on any atom is 0.271 e. The minimum atomic E-state index is -0.451. The molecule has 3 aromatic rings. The number of phenols is 1. The molecule has 0 fully saturated rings. The van der Waals surface area contributed by atoms with Gasteiger partial charge in [-0.05, 0) is 35.9 Å². The van der Waals surface area contributed by atoms with E-state index in [-0.39, 0.29) is 18.1 Å². The van der Waals surface area contributed by atoms with Crippen LogP contribution >= 0.6 is 0 Å². The molecule has 0 aliphatic rings. The van der Waals surface area contributed by atoms with Gasteiger partial charge in [-0.25, -0.2) is 5.43 Å². The maximum absolute atomic E-state index is 12.3. The number of methoxy groups -OCH3 is 1. The highest BCUT2D eigenvalue weighted by atomic mass is 16.5. The number of carbonyl (C=O) groups is 2. The van der Waals surface area contributed by atoms with Crippen LogP contribution in [0, 0.1) is 0 Å². The van der Waals surface area contributed by atoms with Crippen molar-refractivity contribution in [1.82, 2.24) is 5.43 Å². The third-order valence-electron chi connectivity index (χ3n) is 4.24. The van der Waals surface area contributed by atoms with E-state index in [0.29, 0.717) is 22.6 Å². The number of aromatic hydroxyl groups is 1. The smallest absolute Gasteiger partial charge is 0.271 e. The Labute approximate surface area is 174 Å². The van der Waals surface area contributed by atoms with E-state index in [9.17, 15) is 14.7 Å². The predicted molar refractivity (Wildman–Crippen MR) is 115 cm³/mol. The second-order valence-electron chi connectivity index (χ2n) is 6.39. The first-order valence-electron chi connectivity index (χ1n) is 9.20. The van der Waals surface area contributed by atoms with Crippen molar-refractivity contribution in [2.45, 2.75) is 6.42 Å². The van der Waals surface area contributed by atoms with E-state index in [1.54, 1.807) is 42.5 Å². The molecule has 2 amide bonds. The van der Waals surface area contributed by atoms with E-state index >= 15 is 0 Å². The Morgan fingerprint density at radius 2 is 1.80 bits per heavy atom. The van der Waals surface area contributed by atoms with Crippen molar-refractivity contribution in [2.24, 2.45) is 5.10 Å². The van der Waals surface area contributed by atoms with E-state index < -0.39 is 5.91 Å². The first kappa shape index (κ1) is 20.6. The SMILES string of the molecule is COc1cccc(/C=N/NC(=O)c2cccc(NC(=O)Cc3ccccc3)c2)c1O. The van der Waals surface area contributed by atoms with Crippen molar-refractivity contribution in [3.63, 3.8) is 0 Å². The summed E-state index contributed by atoms with van der Waals surface area (Å²) < 4.78 is 5.03. The molecule has 3 N–H and O–H groups in total. The highest BCUT2D eigenvalue weighted by molar-refractivity contribution is 5.98. The zero-order chi connectivity index (χ0) is 21.3. The zero-order valence-electron chi connectivity index (χ0n) is 16.3. The van der Waals surface area contributed by atoms with E-state index in [1.807, 2.05) is 30.3 Å². The van der Waals surface area contributed by atoms with Crippen LogP contribution in [0.5, 0.6) is 11.5 Å². The van der Waals surface area contributed by atoms with Gasteiger partial charge >= 0.3 is 0 Å². The monoisotopic (exact) mass is 403 g/mol. The number of ether oxygens (including phenoxy) is 1. The Hall–Kier alpha value is -4.13. The van der Waals surface area contributed by atoms with E-state index in [1.165, 1.54) is 13.3 Å². The Morgan fingerprint density at radius 3 is 2.57 bits per heavy atom. The van der Waals surface area contributed by atoms with Gasteiger partial charge in [-0.15, -0.1) is 0 Å². The van der Waals surface area contributed by atoms with E-state index in [4.69, 9.17) is 4.74 Å². The van der Waals surface area contributed by atoms with Gasteiger partial charge < -0.3 is 15.2 Å². The van der Waals surface area contributed by atoms with Gasteiger partial charge in [0, 0.05) is 16.8 Å². The summed E-state index contributed by atoms with van der Waals surface area (Å²) in [7, 11) is 1.45. The average Bonchev–Trinajstić information content (AvgIpc) is 2.75. The molecule has 0 bridgehead atoms. The molecule has 0 atom stereocenters. The number of benzene rings is 3. The molecule has 0 spiro atoms. The number of nitrogens with one attached hydrogen (secondary N) is 2. The third kappa shape index (κ3) is 5.45. The van der Waals surface area contributed by atoms with Gasteiger partial charge in [0.05, 0.1) is 19.7 Å². The first-order valence-corrected chi connectivity index (χ1v) is 9.20. The van der Waals surface area contributed by atoms with Gasteiger partial charge in [-0.3, -0.25) is 9.59 Å². The lowest BCUT2D eigenvalue weighted by Gasteiger charge is -2.07. The van der Waals surface area contributed by atoms with Crippen molar-refractivity contribution in [3.05, 3.63) is 89.5 Å². The molecular formula is C23H21N3O4. The van der Waals surface area contributed by atoms with E-state index in [0.717, 1.165) is 5.56 Å². The Bertz CT molecular complexity index is 1070. The molecular weight excluding hydrogens is 382 g/mol. The summed E-state index contributed by atoms with van der Waals surface area (Å²) in [5.41, 5.74) is 4.54. The molecule has 7 heteroatoms. The summed E-state index contributed by atoms with van der Waals surface area (Å²) in [5, 5.41) is 16.7. The summed E-state index contributed by atoms with van der Waals surface area (Å²) in [6.07, 6.45) is 1.56. The van der Waals surface area contributed by atoms with Crippen LogP contribution in [0.1, 0.15) is 21.5 Å². The number of phenolic OH excluding ortho intramolecular Hbond substituents is 1. The minimum absolute atomic E-state index is 0.0684. The fraction of sp³-hybridized carbons (Fsp3) is 0.0870. The van der Waals surface area contributed by atoms with Gasteiger partial charge in [-0.2, -0.15) is 5.10 Å². The summed E-state index contributed by atoms with van der Waals surface area (Å²) in [6.45, 7) is 0. The number of carbonyl (C=O) groups excluding carboxylic acids is 2. The fourth-order valence-corrected chi connectivity index (χ4v) is 2.76. The van der Waals surface area contributed by atoms with Gasteiger partial charge in [0.15, 0.2) is 11.5 Å². The number of hydrogen-bond donors (Lipinski definition) is 3. The van der Waals surface area contributed by atoms with E-state index in [2.05, 4.69) is 15.8 Å². The summed E-state index contributed by atoms with van der Waals surface area (Å²) >= 11 is 0. The largest absolute Gasteiger partial charge is 0.504 e. The molecule has 0 radical (unpaired) electrons. The van der Waals surface area contributed by atoms with Crippen LogP contribution in [0.2, 0.25) is 0 Å². The van der Waals surface area contributed by atoms with Crippen molar-refractivity contribution in [1.29, 1.82) is 0 Å². The molecule has 0 saturated carbocycles. The number of para-hydroxylation sites is 1. The molecule has 0 aromatic heterocycles. The number of nitrogens with zero attached hydrogens (tertiary/aromatic N) is 1. The molecule has 152 valence electrons. The van der Waals surface area contributed by atoms with Crippen LogP contribution in [0.15, 0.2) is 77.9 Å². The molecule has 30 heavy (non-hydrogen) atoms. The topological polar surface area (TPSA) is 100 Å². The first-order chi connectivity index (χ1) is 14.6. The molecule has 0 aliphatic carbocycles. The fourth-order valence-electron chi connectivity index (χ4n) is 2.76. The van der Waals surface area contributed by atoms with Gasteiger partial charge in [0.2, 0.25) is 5.91 Å². The molecule has 0 aliphatic heterocycles. The quantitative estimate of drug-likeness (QED) is 0.416. The normalized spacial score (nSPS) is 10.6. The molecule has 7 nitrogen and oxygen atoms in total. The number of amides is 2. The standard InChI is InChI=1S/C23H21N3O4/c1-30-20-12-6-10-18(22(20)28)15-24-26-23(29)17-9-5-11-19(14-17)25-21(27)13-16-7-3-2-4-8-16/h2-12,14-15,28H,13H2,1H3,(H,25,27)(H,26,29)/b24-15+. The zero-order valence-corrected chi connectivity index (χ0v) is 16.3. The number of hydrogen-bond acceptors (Lipinski definition) is 5. The number of anilines is 1. The second kappa shape index (κ2) is 9.88. The summed E-state index contributed by atoms with van der Waals surface area (Å²) in [4.78, 5) is 24.6. The lowest BCUT2D eigenvalue weighted by molar-refractivity contribution is -0.115. The molecule has 3 rings (SSSR count). The van der Waals surface area contributed by atoms with Gasteiger partial charge in [0.1, 0.15) is 0 Å². The van der Waals surface area contributed by atoms with Crippen molar-refractivity contribution >= 4 is 23.7 Å². The predicted octanol–water partition coefficient (Wildman–Crippen LogP) is 3.35. The lowest BCUT2D eigenvalue weighted by Crippen LogP contribution is -2.19. The van der Waals surface area contributed by atoms with Gasteiger partial charge in [0.25, 0.3) is 5.91 Å². The molecule has 0 heterocycles. The summed E-state index contributed by atoms with van der Waals surface area (Å²) in [6, 6.07) is 20.9. The maximum atomic E-state index is 12.3. The molecule has 0 unspecified atom stereocenters. The summed E-state index contributed by atoms with van der Waals surface area (Å²) in [5.74, 6) is -0.386. The van der Waals surface area contributed by atoms with Crippen molar-refractivity contribution < 1.29 is 19.4 Å². The Kier molecular flexibility index (Phi) is 6.78. The third-order valence-corrected chi connectivity index (χ3v) is 4.24. The molecule has 0 saturated heterocycles. The molecule has 3 aromatic carbocycles. The van der Waals surface area contributed by atoms with Gasteiger partial charge in [-0.1, -0.05) is 42.5 Å². The lowest BCUT2D eigenvalue weighted by atomic mass is 10.1. The van der Waals surface area contributed by atoms with Crippen LogP contribution in [0.4, 0.5) is 5.69 Å². The van der Waals surface area contributed by atoms with Crippen LogP contribution < -0.4 is 15.5 Å².